The summed E-state index contributed by atoms with van der Waals surface area (Å²) < 4.78 is 12.8. The lowest BCUT2D eigenvalue weighted by Crippen LogP contribution is -2.21. The van der Waals surface area contributed by atoms with E-state index in [1.54, 1.807) is 0 Å². The molecule has 0 bridgehead atoms. The summed E-state index contributed by atoms with van der Waals surface area (Å²) in [6.45, 7) is 0. The average Bonchev–Trinajstić information content (AvgIpc) is 1.89. The van der Waals surface area contributed by atoms with Crippen LogP contribution in [0.15, 0.2) is 0 Å². The number of thiol groups is 1. The second-order valence-electron chi connectivity index (χ2n) is 2.44. The summed E-state index contributed by atoms with van der Waals surface area (Å²) in [7, 11) is 1.37. The molecule has 3 heteroatoms. The number of rotatable bonds is 1. The molecule has 0 aromatic heterocycles. The van der Waals surface area contributed by atoms with Crippen LogP contribution < -0.4 is 0 Å². The Balaban J connectivity index is 2.30. The maximum absolute atomic E-state index is 12.8. The molecule has 0 nitrogen and oxygen atoms in total. The molecule has 0 amide bonds. The van der Waals surface area contributed by atoms with Gasteiger partial charge in [0.1, 0.15) is 6.17 Å². The maximum Gasteiger partial charge on any atom is 0.113 e. The molecule has 0 spiro atoms. The van der Waals surface area contributed by atoms with Gasteiger partial charge in [-0.25, -0.2) is 4.39 Å². The van der Waals surface area contributed by atoms with E-state index in [1.807, 2.05) is 0 Å². The third kappa shape index (κ3) is 2.04. The lowest BCUT2D eigenvalue weighted by molar-refractivity contribution is 0.261. The van der Waals surface area contributed by atoms with E-state index >= 15 is 0 Å². The highest BCUT2D eigenvalue weighted by Crippen LogP contribution is 2.32. The first kappa shape index (κ1) is 7.73. The van der Waals surface area contributed by atoms with E-state index < -0.39 is 6.17 Å². The minimum absolute atomic E-state index is 0.169. The highest BCUT2D eigenvalue weighted by Gasteiger charge is 2.23. The SMILES string of the molecule is FC1CCCCC1SS. The molecule has 1 rings (SSSR count). The van der Waals surface area contributed by atoms with Gasteiger partial charge in [-0.05, 0) is 12.8 Å². The molecule has 2 unspecified atom stereocenters. The first-order valence-electron chi connectivity index (χ1n) is 3.29. The van der Waals surface area contributed by atoms with Crippen LogP contribution in [0, 0.1) is 0 Å². The van der Waals surface area contributed by atoms with Crippen molar-refractivity contribution in [3.63, 3.8) is 0 Å². The van der Waals surface area contributed by atoms with Crippen molar-refractivity contribution in [2.45, 2.75) is 37.1 Å². The minimum Gasteiger partial charge on any atom is -0.246 e. The topological polar surface area (TPSA) is 0 Å². The van der Waals surface area contributed by atoms with Gasteiger partial charge < -0.3 is 0 Å². The van der Waals surface area contributed by atoms with E-state index in [0.717, 1.165) is 19.3 Å². The lowest BCUT2D eigenvalue weighted by Gasteiger charge is -2.22. The van der Waals surface area contributed by atoms with Gasteiger partial charge in [-0.3, -0.25) is 0 Å². The molecule has 0 aliphatic heterocycles. The Morgan fingerprint density at radius 1 is 1.33 bits per heavy atom. The van der Waals surface area contributed by atoms with Gasteiger partial charge in [0, 0.05) is 5.25 Å². The fourth-order valence-electron chi connectivity index (χ4n) is 1.17. The predicted octanol–water partition coefficient (Wildman–Crippen LogP) is 2.85. The monoisotopic (exact) mass is 166 g/mol. The number of alkyl halides is 1. The van der Waals surface area contributed by atoms with Gasteiger partial charge in [-0.2, -0.15) is 0 Å². The van der Waals surface area contributed by atoms with E-state index in [1.165, 1.54) is 17.2 Å². The predicted molar refractivity (Wildman–Crippen MR) is 43.7 cm³/mol. The van der Waals surface area contributed by atoms with Gasteiger partial charge in [0.15, 0.2) is 0 Å². The second-order valence-corrected chi connectivity index (χ2v) is 3.89. The van der Waals surface area contributed by atoms with Crippen molar-refractivity contribution < 1.29 is 4.39 Å². The summed E-state index contributed by atoms with van der Waals surface area (Å²) in [4.78, 5) is 0. The summed E-state index contributed by atoms with van der Waals surface area (Å²) in [6.07, 6.45) is 3.40. The van der Waals surface area contributed by atoms with E-state index in [2.05, 4.69) is 11.7 Å². The van der Waals surface area contributed by atoms with Gasteiger partial charge >= 0.3 is 0 Å². The van der Waals surface area contributed by atoms with Crippen LogP contribution >= 0.6 is 22.5 Å². The third-order valence-corrected chi connectivity index (χ3v) is 3.37. The largest absolute Gasteiger partial charge is 0.246 e. The van der Waals surface area contributed by atoms with Crippen LogP contribution in [0.5, 0.6) is 0 Å². The summed E-state index contributed by atoms with van der Waals surface area (Å²) in [6, 6.07) is 0. The standard InChI is InChI=1S/C6H11FS2/c7-5-3-1-2-4-6(5)9-8/h5-6,8H,1-4H2. The fourth-order valence-corrected chi connectivity index (χ4v) is 2.42. The Morgan fingerprint density at radius 3 is 2.44 bits per heavy atom. The number of halogens is 1. The van der Waals surface area contributed by atoms with Crippen LogP contribution in [0.4, 0.5) is 4.39 Å². The molecule has 1 fully saturated rings. The highest BCUT2D eigenvalue weighted by atomic mass is 33.1. The summed E-state index contributed by atoms with van der Waals surface area (Å²) in [5.74, 6) is 0. The zero-order valence-corrected chi connectivity index (χ0v) is 6.93. The van der Waals surface area contributed by atoms with Crippen LogP contribution in [0.3, 0.4) is 0 Å². The van der Waals surface area contributed by atoms with Crippen LogP contribution in [0.2, 0.25) is 0 Å². The second kappa shape index (κ2) is 3.71. The summed E-state index contributed by atoms with van der Waals surface area (Å²) in [5.41, 5.74) is 0. The van der Waals surface area contributed by atoms with Crippen molar-refractivity contribution in [2.24, 2.45) is 0 Å². The van der Waals surface area contributed by atoms with Gasteiger partial charge in [-0.1, -0.05) is 23.6 Å². The van der Waals surface area contributed by atoms with Crippen molar-refractivity contribution in [3.05, 3.63) is 0 Å². The molecular weight excluding hydrogens is 155 g/mol. The molecule has 1 aliphatic carbocycles. The average molecular weight is 166 g/mol. The number of hydrogen-bond acceptors (Lipinski definition) is 2. The Labute approximate surface area is 64.4 Å². The highest BCUT2D eigenvalue weighted by molar-refractivity contribution is 8.68. The van der Waals surface area contributed by atoms with Gasteiger partial charge in [0.25, 0.3) is 0 Å². The molecule has 0 heterocycles. The molecule has 1 saturated carbocycles. The van der Waals surface area contributed by atoms with Crippen molar-refractivity contribution >= 4 is 22.5 Å². The normalized spacial score (nSPS) is 36.7. The van der Waals surface area contributed by atoms with E-state index in [9.17, 15) is 4.39 Å². The molecule has 0 aromatic carbocycles. The van der Waals surface area contributed by atoms with Crippen molar-refractivity contribution in [1.29, 1.82) is 0 Å². The van der Waals surface area contributed by atoms with Crippen molar-refractivity contribution in [1.82, 2.24) is 0 Å². The Morgan fingerprint density at radius 2 is 2.00 bits per heavy atom. The molecule has 0 saturated heterocycles. The van der Waals surface area contributed by atoms with Gasteiger partial charge in [0.2, 0.25) is 0 Å². The minimum atomic E-state index is -0.596. The molecule has 0 aromatic rings. The van der Waals surface area contributed by atoms with Crippen molar-refractivity contribution in [2.75, 3.05) is 0 Å². The summed E-state index contributed by atoms with van der Waals surface area (Å²) >= 11 is 4.00. The van der Waals surface area contributed by atoms with Crippen LogP contribution in [0.1, 0.15) is 25.7 Å². The van der Waals surface area contributed by atoms with Crippen LogP contribution in [0.25, 0.3) is 0 Å². The Bertz CT molecular complexity index is 87.1. The zero-order chi connectivity index (χ0) is 6.69. The fraction of sp³-hybridized carbons (Fsp3) is 1.00. The summed E-state index contributed by atoms with van der Waals surface area (Å²) in [5, 5.41) is 0.169. The quantitative estimate of drug-likeness (QED) is 0.461. The van der Waals surface area contributed by atoms with Crippen molar-refractivity contribution in [3.8, 4) is 0 Å². The maximum atomic E-state index is 12.8. The third-order valence-electron chi connectivity index (χ3n) is 1.76. The zero-order valence-electron chi connectivity index (χ0n) is 5.22. The lowest BCUT2D eigenvalue weighted by atomic mass is 9.98. The molecule has 2 atom stereocenters. The van der Waals surface area contributed by atoms with Crippen LogP contribution in [-0.4, -0.2) is 11.4 Å². The van der Waals surface area contributed by atoms with E-state index in [4.69, 9.17) is 0 Å². The Kier molecular flexibility index (Phi) is 3.19. The Hall–Kier alpha value is 0.630. The van der Waals surface area contributed by atoms with Crippen LogP contribution in [-0.2, 0) is 0 Å². The molecule has 54 valence electrons. The molecule has 9 heavy (non-hydrogen) atoms. The molecule has 0 N–H and O–H groups in total. The van der Waals surface area contributed by atoms with Gasteiger partial charge in [-0.15, -0.1) is 11.7 Å². The van der Waals surface area contributed by atoms with E-state index in [-0.39, 0.29) is 5.25 Å². The first-order valence-corrected chi connectivity index (χ1v) is 5.22. The molecular formula is C6H11FS2. The smallest absolute Gasteiger partial charge is 0.113 e. The van der Waals surface area contributed by atoms with Gasteiger partial charge in [0.05, 0.1) is 0 Å². The molecule has 0 radical (unpaired) electrons. The first-order chi connectivity index (χ1) is 4.34. The number of hydrogen-bond donors (Lipinski definition) is 1. The molecule has 1 aliphatic rings. The van der Waals surface area contributed by atoms with E-state index in [0.29, 0.717) is 0 Å².